The maximum Gasteiger partial charge on any atom is 0.0187 e. The fraction of sp³-hybridized carbons (Fsp3) is 0.333. The Morgan fingerprint density at radius 1 is 0.900 bits per heavy atom. The van der Waals surface area contributed by atoms with Crippen LogP contribution in [0.4, 0.5) is 0 Å². The molecule has 2 heteroatoms. The Labute approximate surface area is 137 Å². The third-order valence-electron chi connectivity index (χ3n) is 4.47. The molecule has 0 saturated heterocycles. The average molecular weight is 394 g/mol. The lowest BCUT2D eigenvalue weighted by Crippen LogP contribution is -2.20. The van der Waals surface area contributed by atoms with E-state index in [4.69, 9.17) is 0 Å². The van der Waals surface area contributed by atoms with Crippen LogP contribution in [-0.4, -0.2) is 0 Å². The molecule has 0 spiro atoms. The molecule has 0 radical (unpaired) electrons. The van der Waals surface area contributed by atoms with Crippen LogP contribution in [0.2, 0.25) is 0 Å². The van der Waals surface area contributed by atoms with Crippen LogP contribution in [0, 0.1) is 0 Å². The maximum atomic E-state index is 3.63. The Morgan fingerprint density at radius 3 is 1.85 bits per heavy atom. The van der Waals surface area contributed by atoms with Crippen molar-refractivity contribution in [1.29, 1.82) is 0 Å². The van der Waals surface area contributed by atoms with Gasteiger partial charge in [0.05, 0.1) is 0 Å². The normalized spacial score (nSPS) is 15.0. The second kappa shape index (κ2) is 5.31. The molecule has 0 saturated carbocycles. The molecule has 3 rings (SSSR count). The lowest BCUT2D eigenvalue weighted by atomic mass is 9.76. The highest BCUT2D eigenvalue weighted by atomic mass is 79.9. The van der Waals surface area contributed by atoms with Gasteiger partial charge >= 0.3 is 0 Å². The van der Waals surface area contributed by atoms with Crippen molar-refractivity contribution < 1.29 is 0 Å². The van der Waals surface area contributed by atoms with Crippen LogP contribution in [0.5, 0.6) is 0 Å². The van der Waals surface area contributed by atoms with Gasteiger partial charge < -0.3 is 0 Å². The summed E-state index contributed by atoms with van der Waals surface area (Å²) >= 11 is 7.27. The van der Waals surface area contributed by atoms with E-state index in [0.29, 0.717) is 0 Å². The zero-order chi connectivity index (χ0) is 14.3. The van der Waals surface area contributed by atoms with Gasteiger partial charge in [-0.2, -0.15) is 0 Å². The van der Waals surface area contributed by atoms with Crippen molar-refractivity contribution in [2.45, 2.75) is 38.5 Å². The molecule has 2 aromatic carbocycles. The molecule has 0 atom stereocenters. The molecule has 0 heterocycles. The summed E-state index contributed by atoms with van der Waals surface area (Å²) in [7, 11) is 0. The van der Waals surface area contributed by atoms with Gasteiger partial charge in [0.1, 0.15) is 0 Å². The molecule has 0 fully saturated rings. The van der Waals surface area contributed by atoms with Crippen molar-refractivity contribution in [3.63, 3.8) is 0 Å². The highest BCUT2D eigenvalue weighted by Crippen LogP contribution is 2.52. The summed E-state index contributed by atoms with van der Waals surface area (Å²) in [5.74, 6) is 0. The van der Waals surface area contributed by atoms with E-state index in [1.807, 2.05) is 0 Å². The van der Waals surface area contributed by atoms with Crippen molar-refractivity contribution in [2.24, 2.45) is 0 Å². The van der Waals surface area contributed by atoms with Gasteiger partial charge in [0.2, 0.25) is 0 Å². The van der Waals surface area contributed by atoms with Crippen LogP contribution >= 0.6 is 31.9 Å². The van der Waals surface area contributed by atoms with E-state index in [0.717, 1.165) is 0 Å². The lowest BCUT2D eigenvalue weighted by molar-refractivity contribution is 0.504. The van der Waals surface area contributed by atoms with Crippen LogP contribution in [0.25, 0.3) is 11.1 Å². The number of fused-ring (bicyclic) bond motifs is 3. The fourth-order valence-electron chi connectivity index (χ4n) is 3.36. The van der Waals surface area contributed by atoms with Crippen LogP contribution in [0.15, 0.2) is 45.3 Å². The van der Waals surface area contributed by atoms with Crippen molar-refractivity contribution in [2.75, 3.05) is 0 Å². The molecule has 20 heavy (non-hydrogen) atoms. The van der Waals surface area contributed by atoms with Crippen LogP contribution < -0.4 is 0 Å². The smallest absolute Gasteiger partial charge is 0.0187 e. The minimum Gasteiger partial charge on any atom is -0.0654 e. The zero-order valence-electron chi connectivity index (χ0n) is 11.8. The molecule has 1 aliphatic rings. The average Bonchev–Trinajstić information content (AvgIpc) is 2.67. The highest BCUT2D eigenvalue weighted by molar-refractivity contribution is 9.10. The lowest BCUT2D eigenvalue weighted by Gasteiger charge is -2.27. The Bertz CT molecular complexity index is 607. The van der Waals surface area contributed by atoms with Crippen molar-refractivity contribution >= 4 is 31.9 Å². The first kappa shape index (κ1) is 14.3. The maximum absolute atomic E-state index is 3.63. The van der Waals surface area contributed by atoms with Gasteiger partial charge in [-0.1, -0.05) is 70.7 Å². The first-order chi connectivity index (χ1) is 9.56. The van der Waals surface area contributed by atoms with Gasteiger partial charge in [0.25, 0.3) is 0 Å². The molecule has 0 aromatic heterocycles. The first-order valence-electron chi connectivity index (χ1n) is 7.16. The predicted molar refractivity (Wildman–Crippen MR) is 93.3 cm³/mol. The Hall–Kier alpha value is -0.600. The number of hydrogen-bond acceptors (Lipinski definition) is 0. The fourth-order valence-corrected chi connectivity index (χ4v) is 4.08. The molecule has 0 bridgehead atoms. The largest absolute Gasteiger partial charge is 0.0654 e. The monoisotopic (exact) mass is 392 g/mol. The summed E-state index contributed by atoms with van der Waals surface area (Å²) in [6, 6.07) is 13.4. The Kier molecular flexibility index (Phi) is 3.81. The molecule has 0 nitrogen and oxygen atoms in total. The second-order valence-corrected chi connectivity index (χ2v) is 7.65. The molecule has 0 aliphatic heterocycles. The molecular formula is C18H18Br2. The third kappa shape index (κ3) is 2.17. The number of halogens is 2. The second-order valence-electron chi connectivity index (χ2n) is 5.82. The van der Waals surface area contributed by atoms with Gasteiger partial charge in [-0.15, -0.1) is 0 Å². The summed E-state index contributed by atoms with van der Waals surface area (Å²) in [6.45, 7) is 4.66. The van der Waals surface area contributed by atoms with E-state index in [1.54, 1.807) is 0 Å². The Morgan fingerprint density at radius 2 is 1.40 bits per heavy atom. The van der Waals surface area contributed by atoms with Crippen LogP contribution in [-0.2, 0) is 5.41 Å². The topological polar surface area (TPSA) is 0 Å². The van der Waals surface area contributed by atoms with Crippen molar-refractivity contribution in [3.8, 4) is 11.1 Å². The van der Waals surface area contributed by atoms with E-state index < -0.39 is 0 Å². The molecule has 0 amide bonds. The Balaban J connectivity index is 2.24. The van der Waals surface area contributed by atoms with E-state index in [1.165, 1.54) is 50.5 Å². The van der Waals surface area contributed by atoms with Crippen LogP contribution in [0.1, 0.15) is 44.2 Å². The summed E-state index contributed by atoms with van der Waals surface area (Å²) in [5.41, 5.74) is 5.86. The van der Waals surface area contributed by atoms with Crippen LogP contribution in [0.3, 0.4) is 0 Å². The van der Waals surface area contributed by atoms with Crippen molar-refractivity contribution in [1.82, 2.24) is 0 Å². The van der Waals surface area contributed by atoms with E-state index in [9.17, 15) is 0 Å². The van der Waals surface area contributed by atoms with Gasteiger partial charge in [-0.3, -0.25) is 0 Å². The van der Waals surface area contributed by atoms with E-state index in [-0.39, 0.29) is 5.41 Å². The molecular weight excluding hydrogens is 376 g/mol. The molecule has 2 aromatic rings. The van der Waals surface area contributed by atoms with Gasteiger partial charge in [-0.25, -0.2) is 0 Å². The summed E-state index contributed by atoms with van der Waals surface area (Å²) in [6.07, 6.45) is 3.70. The standard InChI is InChI=1S/C18H18Br2/c1-3-4-9-18(2)16-10-12(19)5-7-14(16)15-8-6-13(20)11-17(15)18/h5-8,10-11H,3-4,9H2,1-2H3. The summed E-state index contributed by atoms with van der Waals surface area (Å²) in [5, 5.41) is 0. The molecule has 104 valence electrons. The quantitative estimate of drug-likeness (QED) is 0.544. The SMILES string of the molecule is CCCCC1(C)c2cc(Br)ccc2-c2ccc(Br)cc21. The summed E-state index contributed by atoms with van der Waals surface area (Å²) in [4.78, 5) is 0. The number of hydrogen-bond donors (Lipinski definition) is 0. The predicted octanol–water partition coefficient (Wildman–Crippen LogP) is 6.69. The molecule has 1 aliphatic carbocycles. The first-order valence-corrected chi connectivity index (χ1v) is 8.75. The number of rotatable bonds is 3. The van der Waals surface area contributed by atoms with E-state index in [2.05, 4.69) is 82.1 Å². The summed E-state index contributed by atoms with van der Waals surface area (Å²) < 4.78 is 2.34. The third-order valence-corrected chi connectivity index (χ3v) is 5.46. The molecule has 0 unspecified atom stereocenters. The van der Waals surface area contributed by atoms with E-state index >= 15 is 0 Å². The van der Waals surface area contributed by atoms with Gasteiger partial charge in [-0.05, 0) is 52.9 Å². The zero-order valence-corrected chi connectivity index (χ0v) is 15.0. The number of unbranched alkanes of at least 4 members (excludes halogenated alkanes) is 1. The number of benzene rings is 2. The minimum absolute atomic E-state index is 0.133. The highest BCUT2D eigenvalue weighted by Gasteiger charge is 2.38. The molecule has 0 N–H and O–H groups in total. The van der Waals surface area contributed by atoms with Gasteiger partial charge in [0, 0.05) is 14.4 Å². The minimum atomic E-state index is 0.133. The van der Waals surface area contributed by atoms with Crippen molar-refractivity contribution in [3.05, 3.63) is 56.5 Å². The van der Waals surface area contributed by atoms with Gasteiger partial charge in [0.15, 0.2) is 0 Å².